The van der Waals surface area contributed by atoms with Gasteiger partial charge in [0.25, 0.3) is 0 Å². The van der Waals surface area contributed by atoms with Crippen molar-refractivity contribution in [2.75, 3.05) is 21.1 Å². The third kappa shape index (κ3) is 3.57. The Morgan fingerprint density at radius 3 is 2.17 bits per heavy atom. The lowest BCUT2D eigenvalue weighted by Crippen LogP contribution is -2.48. The van der Waals surface area contributed by atoms with Crippen molar-refractivity contribution in [1.82, 2.24) is 15.5 Å². The highest BCUT2D eigenvalue weighted by molar-refractivity contribution is 5.73. The van der Waals surface area contributed by atoms with Crippen LogP contribution in [-0.4, -0.2) is 44.2 Å². The molecule has 0 spiro atoms. The zero-order chi connectivity index (χ0) is 9.72. The summed E-state index contributed by atoms with van der Waals surface area (Å²) < 4.78 is 0. The van der Waals surface area contributed by atoms with E-state index in [9.17, 15) is 4.79 Å². The number of hydrogen-bond acceptors (Lipinski definition) is 2. The van der Waals surface area contributed by atoms with Gasteiger partial charge in [0.15, 0.2) is 0 Å². The second kappa shape index (κ2) is 4.98. The number of carbonyl (C=O) groups excluding carboxylic acids is 1. The van der Waals surface area contributed by atoms with Crippen LogP contribution < -0.4 is 10.6 Å². The van der Waals surface area contributed by atoms with Crippen molar-refractivity contribution in [3.8, 4) is 0 Å². The van der Waals surface area contributed by atoms with E-state index in [-0.39, 0.29) is 12.1 Å². The van der Waals surface area contributed by atoms with Gasteiger partial charge < -0.3 is 15.5 Å². The number of amides is 2. The minimum Gasteiger partial charge on any atom is -0.341 e. The number of urea groups is 1. The average molecular weight is 173 g/mol. The van der Waals surface area contributed by atoms with Crippen molar-refractivity contribution in [2.45, 2.75) is 25.9 Å². The first-order valence-corrected chi connectivity index (χ1v) is 4.13. The fourth-order valence-electron chi connectivity index (χ4n) is 0.847. The van der Waals surface area contributed by atoms with Gasteiger partial charge in [0.2, 0.25) is 0 Å². The fraction of sp³-hybridized carbons (Fsp3) is 0.875. The number of rotatable bonds is 3. The molecule has 0 aromatic carbocycles. The van der Waals surface area contributed by atoms with Crippen LogP contribution in [0.15, 0.2) is 0 Å². The normalized spacial score (nSPS) is 15.5. The van der Waals surface area contributed by atoms with E-state index in [4.69, 9.17) is 0 Å². The Kier molecular flexibility index (Phi) is 4.66. The fourth-order valence-corrected chi connectivity index (χ4v) is 0.847. The SMILES string of the molecule is CNC(=O)NC(C)C(C)N(C)C. The summed E-state index contributed by atoms with van der Waals surface area (Å²) in [5.74, 6) is 0. The summed E-state index contributed by atoms with van der Waals surface area (Å²) in [5, 5.41) is 5.34. The molecule has 0 radical (unpaired) electrons. The molecule has 2 unspecified atom stereocenters. The van der Waals surface area contributed by atoms with Gasteiger partial charge >= 0.3 is 6.03 Å². The molecule has 0 aromatic heterocycles. The minimum absolute atomic E-state index is 0.129. The van der Waals surface area contributed by atoms with Crippen LogP contribution in [0.5, 0.6) is 0 Å². The molecular formula is C8H19N3O. The van der Waals surface area contributed by atoms with Gasteiger partial charge in [-0.25, -0.2) is 4.79 Å². The van der Waals surface area contributed by atoms with Gasteiger partial charge in [-0.2, -0.15) is 0 Å². The second-order valence-electron chi connectivity index (χ2n) is 3.22. The van der Waals surface area contributed by atoms with Crippen LogP contribution in [0.1, 0.15) is 13.8 Å². The highest BCUT2D eigenvalue weighted by Gasteiger charge is 2.15. The molecule has 0 aliphatic carbocycles. The Labute approximate surface area is 74.3 Å². The molecule has 0 aromatic rings. The first kappa shape index (κ1) is 11.2. The largest absolute Gasteiger partial charge is 0.341 e. The Morgan fingerprint density at radius 2 is 1.83 bits per heavy atom. The van der Waals surface area contributed by atoms with Crippen LogP contribution in [0.3, 0.4) is 0 Å². The van der Waals surface area contributed by atoms with E-state index in [0.717, 1.165) is 0 Å². The summed E-state index contributed by atoms with van der Waals surface area (Å²) in [6.45, 7) is 4.06. The Morgan fingerprint density at radius 1 is 1.33 bits per heavy atom. The molecule has 0 aliphatic rings. The first-order chi connectivity index (χ1) is 5.49. The molecular weight excluding hydrogens is 154 g/mol. The molecule has 0 rings (SSSR count). The van der Waals surface area contributed by atoms with E-state index in [1.807, 2.05) is 21.0 Å². The van der Waals surface area contributed by atoms with Gasteiger partial charge in [-0.3, -0.25) is 0 Å². The molecule has 0 bridgehead atoms. The number of likely N-dealkylation sites (N-methyl/N-ethyl adjacent to an activating group) is 1. The molecule has 0 fully saturated rings. The monoisotopic (exact) mass is 173 g/mol. The van der Waals surface area contributed by atoms with Crippen molar-refractivity contribution in [3.63, 3.8) is 0 Å². The topological polar surface area (TPSA) is 44.4 Å². The van der Waals surface area contributed by atoms with E-state index in [0.29, 0.717) is 6.04 Å². The lowest BCUT2D eigenvalue weighted by Gasteiger charge is -2.26. The summed E-state index contributed by atoms with van der Waals surface area (Å²) in [6, 6.07) is 0.360. The molecule has 12 heavy (non-hydrogen) atoms. The van der Waals surface area contributed by atoms with Crippen molar-refractivity contribution in [3.05, 3.63) is 0 Å². The zero-order valence-electron chi connectivity index (χ0n) is 8.51. The standard InChI is InChI=1S/C8H19N3O/c1-6(7(2)11(4)5)10-8(12)9-3/h6-7H,1-5H3,(H2,9,10,12). The highest BCUT2D eigenvalue weighted by atomic mass is 16.2. The summed E-state index contributed by atoms with van der Waals surface area (Å²) in [7, 11) is 5.60. The van der Waals surface area contributed by atoms with Gasteiger partial charge in [0.1, 0.15) is 0 Å². The Balaban J connectivity index is 3.86. The van der Waals surface area contributed by atoms with Gasteiger partial charge in [-0.05, 0) is 27.9 Å². The van der Waals surface area contributed by atoms with Crippen molar-refractivity contribution >= 4 is 6.03 Å². The van der Waals surface area contributed by atoms with Crippen LogP contribution in [0.4, 0.5) is 4.79 Å². The molecule has 0 aliphatic heterocycles. The van der Waals surface area contributed by atoms with Gasteiger partial charge in [-0.1, -0.05) is 0 Å². The molecule has 0 saturated carbocycles. The summed E-state index contributed by atoms with van der Waals surface area (Å²) in [6.07, 6.45) is 0. The summed E-state index contributed by atoms with van der Waals surface area (Å²) in [5.41, 5.74) is 0. The molecule has 2 amide bonds. The maximum Gasteiger partial charge on any atom is 0.314 e. The number of nitrogens with zero attached hydrogens (tertiary/aromatic N) is 1. The Bertz CT molecular complexity index is 147. The predicted octanol–water partition coefficient (Wildman–Crippen LogP) is 0.254. The van der Waals surface area contributed by atoms with E-state index in [1.54, 1.807) is 7.05 Å². The Hall–Kier alpha value is -0.770. The van der Waals surface area contributed by atoms with Crippen molar-refractivity contribution in [2.24, 2.45) is 0 Å². The van der Waals surface area contributed by atoms with Crippen LogP contribution in [0, 0.1) is 0 Å². The van der Waals surface area contributed by atoms with Crippen LogP contribution in [0.2, 0.25) is 0 Å². The molecule has 4 heteroatoms. The van der Waals surface area contributed by atoms with Gasteiger partial charge in [0.05, 0.1) is 0 Å². The van der Waals surface area contributed by atoms with E-state index in [1.165, 1.54) is 0 Å². The zero-order valence-corrected chi connectivity index (χ0v) is 8.51. The van der Waals surface area contributed by atoms with Crippen molar-refractivity contribution < 1.29 is 4.79 Å². The van der Waals surface area contributed by atoms with Gasteiger partial charge in [-0.15, -0.1) is 0 Å². The van der Waals surface area contributed by atoms with E-state index >= 15 is 0 Å². The van der Waals surface area contributed by atoms with Crippen molar-refractivity contribution in [1.29, 1.82) is 0 Å². The van der Waals surface area contributed by atoms with Crippen LogP contribution in [-0.2, 0) is 0 Å². The highest BCUT2D eigenvalue weighted by Crippen LogP contribution is 1.97. The quantitative estimate of drug-likeness (QED) is 0.642. The molecule has 2 N–H and O–H groups in total. The summed E-state index contributed by atoms with van der Waals surface area (Å²) in [4.78, 5) is 13.0. The number of carbonyl (C=O) groups is 1. The molecule has 0 heterocycles. The lowest BCUT2D eigenvalue weighted by atomic mass is 10.1. The average Bonchev–Trinajstić information content (AvgIpc) is 2.02. The van der Waals surface area contributed by atoms with E-state index in [2.05, 4.69) is 22.5 Å². The number of nitrogens with one attached hydrogen (secondary N) is 2. The van der Waals surface area contributed by atoms with Gasteiger partial charge in [0, 0.05) is 19.1 Å². The maximum absolute atomic E-state index is 10.9. The summed E-state index contributed by atoms with van der Waals surface area (Å²) >= 11 is 0. The maximum atomic E-state index is 10.9. The van der Waals surface area contributed by atoms with Crippen LogP contribution in [0.25, 0.3) is 0 Å². The third-order valence-electron chi connectivity index (χ3n) is 2.12. The smallest absolute Gasteiger partial charge is 0.314 e. The van der Waals surface area contributed by atoms with E-state index < -0.39 is 0 Å². The first-order valence-electron chi connectivity index (χ1n) is 4.13. The lowest BCUT2D eigenvalue weighted by molar-refractivity contribution is 0.222. The molecule has 2 atom stereocenters. The second-order valence-corrected chi connectivity index (χ2v) is 3.22. The molecule has 0 saturated heterocycles. The molecule has 4 nitrogen and oxygen atoms in total. The number of hydrogen-bond donors (Lipinski definition) is 2. The molecule has 72 valence electrons. The van der Waals surface area contributed by atoms with Crippen LogP contribution >= 0.6 is 0 Å². The minimum atomic E-state index is -0.129. The third-order valence-corrected chi connectivity index (χ3v) is 2.12. The predicted molar refractivity (Wildman–Crippen MR) is 50.2 cm³/mol.